The molecule has 0 saturated carbocycles. The average molecular weight is 431 g/mol. The molecule has 0 aromatic heterocycles. The van der Waals surface area contributed by atoms with Crippen LogP contribution >= 0.6 is 15.9 Å². The third kappa shape index (κ3) is 6.51. The number of amides is 2. The maximum absolute atomic E-state index is 13.0. The van der Waals surface area contributed by atoms with Crippen molar-refractivity contribution in [2.24, 2.45) is 0 Å². The Morgan fingerprint density at radius 3 is 2.07 bits per heavy atom. The van der Waals surface area contributed by atoms with E-state index in [1.807, 2.05) is 69.3 Å². The Hall–Kier alpha value is -2.14. The van der Waals surface area contributed by atoms with Gasteiger partial charge in [0.25, 0.3) is 0 Å². The van der Waals surface area contributed by atoms with Gasteiger partial charge < -0.3 is 10.2 Å². The van der Waals surface area contributed by atoms with E-state index in [0.29, 0.717) is 6.54 Å². The summed E-state index contributed by atoms with van der Waals surface area (Å²) in [7, 11) is 0. The lowest BCUT2D eigenvalue weighted by atomic mass is 10.1. The number of carbonyl (C=O) groups is 2. The molecule has 2 aromatic rings. The molecule has 0 saturated heterocycles. The molecule has 0 radical (unpaired) electrons. The van der Waals surface area contributed by atoms with Gasteiger partial charge in [-0.2, -0.15) is 0 Å². The first kappa shape index (κ1) is 21.2. The van der Waals surface area contributed by atoms with Gasteiger partial charge in [0.2, 0.25) is 11.8 Å². The lowest BCUT2D eigenvalue weighted by Gasteiger charge is -2.29. The number of halogens is 1. The van der Waals surface area contributed by atoms with Gasteiger partial charge in [-0.15, -0.1) is 0 Å². The molecule has 5 heteroatoms. The Morgan fingerprint density at radius 1 is 0.963 bits per heavy atom. The minimum Gasteiger partial charge on any atom is -0.352 e. The number of hydrogen-bond donors (Lipinski definition) is 1. The summed E-state index contributed by atoms with van der Waals surface area (Å²) >= 11 is 3.43. The maximum atomic E-state index is 13.0. The van der Waals surface area contributed by atoms with Gasteiger partial charge in [0, 0.05) is 17.1 Å². The predicted molar refractivity (Wildman–Crippen MR) is 112 cm³/mol. The second-order valence-corrected chi connectivity index (χ2v) is 8.07. The summed E-state index contributed by atoms with van der Waals surface area (Å²) in [5, 5.41) is 2.90. The molecule has 1 atom stereocenters. The minimum absolute atomic E-state index is 0.0293. The van der Waals surface area contributed by atoms with Crippen molar-refractivity contribution in [3.05, 3.63) is 69.7 Å². The van der Waals surface area contributed by atoms with Crippen LogP contribution in [-0.2, 0) is 22.6 Å². The predicted octanol–water partition coefficient (Wildman–Crippen LogP) is 4.24. The fourth-order valence-corrected chi connectivity index (χ4v) is 3.02. The molecule has 0 aliphatic heterocycles. The highest BCUT2D eigenvalue weighted by Gasteiger charge is 2.26. The van der Waals surface area contributed by atoms with Crippen LogP contribution in [0.2, 0.25) is 0 Å². The number of nitrogens with one attached hydrogen (secondary N) is 1. The van der Waals surface area contributed by atoms with Crippen LogP contribution in [0.4, 0.5) is 0 Å². The van der Waals surface area contributed by atoms with Crippen molar-refractivity contribution in [3.8, 4) is 0 Å². The molecular weight excluding hydrogens is 404 g/mol. The SMILES string of the molecule is Cc1ccc(CC(=O)N(Cc2ccc(Br)cc2)[C@@H](C)C(=O)NC(C)C)cc1. The molecule has 0 heterocycles. The van der Waals surface area contributed by atoms with Gasteiger partial charge in [-0.1, -0.05) is 57.9 Å². The van der Waals surface area contributed by atoms with E-state index in [1.54, 1.807) is 11.8 Å². The van der Waals surface area contributed by atoms with E-state index in [2.05, 4.69) is 21.2 Å². The van der Waals surface area contributed by atoms with Crippen LogP contribution in [0.3, 0.4) is 0 Å². The molecule has 2 rings (SSSR count). The molecule has 2 aromatic carbocycles. The van der Waals surface area contributed by atoms with Crippen molar-refractivity contribution >= 4 is 27.7 Å². The van der Waals surface area contributed by atoms with Crippen molar-refractivity contribution in [3.63, 3.8) is 0 Å². The van der Waals surface area contributed by atoms with E-state index in [0.717, 1.165) is 21.2 Å². The molecule has 0 aliphatic carbocycles. The van der Waals surface area contributed by atoms with Gasteiger partial charge in [-0.3, -0.25) is 9.59 Å². The zero-order chi connectivity index (χ0) is 20.0. The second kappa shape index (κ2) is 9.70. The second-order valence-electron chi connectivity index (χ2n) is 7.15. The Morgan fingerprint density at radius 2 is 1.52 bits per heavy atom. The number of hydrogen-bond acceptors (Lipinski definition) is 2. The fraction of sp³-hybridized carbons (Fsp3) is 0.364. The molecule has 1 N–H and O–H groups in total. The average Bonchev–Trinajstić information content (AvgIpc) is 2.62. The topological polar surface area (TPSA) is 49.4 Å². The molecule has 0 unspecified atom stereocenters. The third-order valence-corrected chi connectivity index (χ3v) is 4.87. The van der Waals surface area contributed by atoms with Crippen molar-refractivity contribution < 1.29 is 9.59 Å². The van der Waals surface area contributed by atoms with Crippen LogP contribution in [0.25, 0.3) is 0 Å². The Labute approximate surface area is 170 Å². The highest BCUT2D eigenvalue weighted by atomic mass is 79.9. The van der Waals surface area contributed by atoms with Crippen LogP contribution in [0, 0.1) is 6.92 Å². The fourth-order valence-electron chi connectivity index (χ4n) is 2.76. The highest BCUT2D eigenvalue weighted by Crippen LogP contribution is 2.16. The summed E-state index contributed by atoms with van der Waals surface area (Å²) < 4.78 is 0.981. The lowest BCUT2D eigenvalue weighted by molar-refractivity contribution is -0.140. The van der Waals surface area contributed by atoms with E-state index in [4.69, 9.17) is 0 Å². The smallest absolute Gasteiger partial charge is 0.242 e. The minimum atomic E-state index is -0.547. The lowest BCUT2D eigenvalue weighted by Crippen LogP contribution is -2.49. The molecule has 27 heavy (non-hydrogen) atoms. The molecule has 144 valence electrons. The summed E-state index contributed by atoms with van der Waals surface area (Å²) in [6.45, 7) is 8.02. The van der Waals surface area contributed by atoms with Crippen LogP contribution in [0.5, 0.6) is 0 Å². The van der Waals surface area contributed by atoms with Crippen LogP contribution < -0.4 is 5.32 Å². The van der Waals surface area contributed by atoms with Crippen molar-refractivity contribution in [1.29, 1.82) is 0 Å². The summed E-state index contributed by atoms with van der Waals surface area (Å²) in [5.41, 5.74) is 3.09. The Bertz CT molecular complexity index is 770. The van der Waals surface area contributed by atoms with Gasteiger partial charge in [0.1, 0.15) is 6.04 Å². The van der Waals surface area contributed by atoms with Gasteiger partial charge in [0.05, 0.1) is 6.42 Å². The Balaban J connectivity index is 2.21. The molecular formula is C22H27BrN2O2. The van der Waals surface area contributed by atoms with Crippen molar-refractivity contribution in [1.82, 2.24) is 10.2 Å². The van der Waals surface area contributed by atoms with E-state index in [9.17, 15) is 9.59 Å². The standard InChI is InChI=1S/C22H27BrN2O2/c1-15(2)24-22(27)17(4)25(14-19-9-11-20(23)12-10-19)21(26)13-18-7-5-16(3)6-8-18/h5-12,15,17H,13-14H2,1-4H3,(H,24,27)/t17-/m0/s1. The van der Waals surface area contributed by atoms with Gasteiger partial charge in [0.15, 0.2) is 0 Å². The van der Waals surface area contributed by atoms with E-state index in [1.165, 1.54) is 0 Å². The Kier molecular flexibility index (Phi) is 7.60. The number of rotatable bonds is 7. The summed E-state index contributed by atoms with van der Waals surface area (Å²) in [6.07, 6.45) is 0.274. The monoisotopic (exact) mass is 430 g/mol. The molecule has 0 spiro atoms. The van der Waals surface area contributed by atoms with E-state index in [-0.39, 0.29) is 24.3 Å². The largest absolute Gasteiger partial charge is 0.352 e. The van der Waals surface area contributed by atoms with Crippen LogP contribution in [0.15, 0.2) is 53.0 Å². The van der Waals surface area contributed by atoms with Gasteiger partial charge in [-0.25, -0.2) is 0 Å². The van der Waals surface area contributed by atoms with Gasteiger partial charge >= 0.3 is 0 Å². The quantitative estimate of drug-likeness (QED) is 0.713. The number of benzene rings is 2. The van der Waals surface area contributed by atoms with Crippen molar-refractivity contribution in [2.75, 3.05) is 0 Å². The third-order valence-electron chi connectivity index (χ3n) is 4.34. The zero-order valence-corrected chi connectivity index (χ0v) is 17.9. The number of nitrogens with zero attached hydrogens (tertiary/aromatic N) is 1. The van der Waals surface area contributed by atoms with Crippen LogP contribution in [0.1, 0.15) is 37.5 Å². The molecule has 4 nitrogen and oxygen atoms in total. The van der Waals surface area contributed by atoms with Crippen LogP contribution in [-0.4, -0.2) is 28.8 Å². The van der Waals surface area contributed by atoms with Gasteiger partial charge in [-0.05, 0) is 51.0 Å². The molecule has 2 amide bonds. The first-order chi connectivity index (χ1) is 12.8. The molecule has 0 fully saturated rings. The highest BCUT2D eigenvalue weighted by molar-refractivity contribution is 9.10. The molecule has 0 aliphatic rings. The zero-order valence-electron chi connectivity index (χ0n) is 16.3. The van der Waals surface area contributed by atoms with Crippen molar-refractivity contribution in [2.45, 2.75) is 52.7 Å². The first-order valence-electron chi connectivity index (χ1n) is 9.16. The van der Waals surface area contributed by atoms with E-state index >= 15 is 0 Å². The summed E-state index contributed by atoms with van der Waals surface area (Å²) in [4.78, 5) is 27.2. The number of aryl methyl sites for hydroxylation is 1. The summed E-state index contributed by atoms with van der Waals surface area (Å²) in [5.74, 6) is -0.201. The molecule has 0 bridgehead atoms. The first-order valence-corrected chi connectivity index (χ1v) is 9.95. The number of carbonyl (C=O) groups excluding carboxylic acids is 2. The normalized spacial score (nSPS) is 11.9. The maximum Gasteiger partial charge on any atom is 0.242 e. The van der Waals surface area contributed by atoms with E-state index < -0.39 is 6.04 Å². The summed E-state index contributed by atoms with van der Waals surface area (Å²) in [6, 6.07) is 15.2.